The predicted molar refractivity (Wildman–Crippen MR) is 111 cm³/mol. The van der Waals surface area contributed by atoms with Crippen LogP contribution < -0.4 is 10.5 Å². The minimum Gasteiger partial charge on any atom is -0.350 e. The first kappa shape index (κ1) is 17.5. The van der Waals surface area contributed by atoms with Gasteiger partial charge in [-0.15, -0.1) is 5.10 Å². The molecule has 0 fully saturated rings. The van der Waals surface area contributed by atoms with Crippen molar-refractivity contribution in [2.75, 3.05) is 11.4 Å². The molecule has 4 aromatic rings. The van der Waals surface area contributed by atoms with Crippen LogP contribution in [0.4, 0.5) is 5.82 Å². The van der Waals surface area contributed by atoms with Gasteiger partial charge >= 0.3 is 0 Å². The summed E-state index contributed by atoms with van der Waals surface area (Å²) < 4.78 is 1.38. The molecule has 144 valence electrons. The third kappa shape index (κ3) is 3.14. The van der Waals surface area contributed by atoms with Crippen molar-refractivity contribution in [3.8, 4) is 11.1 Å². The van der Waals surface area contributed by atoms with Gasteiger partial charge in [-0.1, -0.05) is 6.07 Å². The number of hydrogen-bond donors (Lipinski definition) is 0. The maximum atomic E-state index is 12.4. The zero-order valence-corrected chi connectivity index (χ0v) is 16.3. The fourth-order valence-corrected chi connectivity index (χ4v) is 3.85. The van der Waals surface area contributed by atoms with Crippen molar-refractivity contribution in [3.05, 3.63) is 81.8 Å². The van der Waals surface area contributed by atoms with Crippen LogP contribution in [0, 0.1) is 13.8 Å². The molecule has 0 radical (unpaired) electrons. The second-order valence-electron chi connectivity index (χ2n) is 7.40. The monoisotopic (exact) mass is 384 g/mol. The van der Waals surface area contributed by atoms with Crippen LogP contribution in [0.3, 0.4) is 0 Å². The third-order valence-electron chi connectivity index (χ3n) is 5.28. The van der Waals surface area contributed by atoms with Crippen LogP contribution in [-0.4, -0.2) is 31.1 Å². The summed E-state index contributed by atoms with van der Waals surface area (Å²) in [6.07, 6.45) is 6.37. The molecule has 1 aliphatic rings. The molecule has 5 heterocycles. The summed E-state index contributed by atoms with van der Waals surface area (Å²) in [6.45, 7) is 5.33. The van der Waals surface area contributed by atoms with Gasteiger partial charge in [-0.3, -0.25) is 14.8 Å². The Morgan fingerprint density at radius 1 is 1.07 bits per heavy atom. The first-order valence-corrected chi connectivity index (χ1v) is 9.60. The van der Waals surface area contributed by atoms with Crippen LogP contribution >= 0.6 is 0 Å². The number of fused-ring (bicyclic) bond motifs is 2. The normalized spacial score (nSPS) is 13.5. The van der Waals surface area contributed by atoms with E-state index in [1.54, 1.807) is 6.20 Å². The molecule has 4 aromatic heterocycles. The van der Waals surface area contributed by atoms with E-state index in [4.69, 9.17) is 0 Å². The van der Waals surface area contributed by atoms with E-state index in [1.807, 2.05) is 44.4 Å². The Bertz CT molecular complexity index is 1280. The largest absolute Gasteiger partial charge is 0.350 e. The average Bonchev–Trinajstić information content (AvgIpc) is 2.73. The first-order valence-electron chi connectivity index (χ1n) is 9.60. The summed E-state index contributed by atoms with van der Waals surface area (Å²) in [6, 6.07) is 9.58. The molecule has 0 aromatic carbocycles. The fourth-order valence-electron chi connectivity index (χ4n) is 3.85. The molecule has 0 atom stereocenters. The topological polar surface area (TPSA) is 76.3 Å². The van der Waals surface area contributed by atoms with Crippen molar-refractivity contribution in [1.82, 2.24) is 24.6 Å². The number of hydrogen-bond acceptors (Lipinski definition) is 6. The maximum absolute atomic E-state index is 12.4. The lowest BCUT2D eigenvalue weighted by Gasteiger charge is -2.30. The Labute approximate surface area is 167 Å². The lowest BCUT2D eigenvalue weighted by atomic mass is 10.0. The smallest absolute Gasteiger partial charge is 0.274 e. The summed E-state index contributed by atoms with van der Waals surface area (Å²) >= 11 is 0. The van der Waals surface area contributed by atoms with Crippen LogP contribution in [0.5, 0.6) is 0 Å². The third-order valence-corrected chi connectivity index (χ3v) is 5.28. The molecule has 5 rings (SSSR count). The Kier molecular flexibility index (Phi) is 4.08. The van der Waals surface area contributed by atoms with Crippen LogP contribution in [-0.2, 0) is 13.0 Å². The number of aryl methyl sites for hydroxylation is 2. The number of aromatic nitrogens is 5. The van der Waals surface area contributed by atoms with Gasteiger partial charge in [0, 0.05) is 66.7 Å². The van der Waals surface area contributed by atoms with Crippen LogP contribution in [0.1, 0.15) is 22.5 Å². The highest BCUT2D eigenvalue weighted by molar-refractivity contribution is 5.63. The van der Waals surface area contributed by atoms with Crippen molar-refractivity contribution in [2.45, 2.75) is 26.8 Å². The first-order chi connectivity index (χ1) is 14.1. The Balaban J connectivity index is 1.54. The van der Waals surface area contributed by atoms with E-state index in [2.05, 4.69) is 31.0 Å². The van der Waals surface area contributed by atoms with Crippen LogP contribution in [0.15, 0.2) is 53.7 Å². The maximum Gasteiger partial charge on any atom is 0.274 e. The SMILES string of the molecule is Cc1cc(=O)n2nc(N3CCc4ncc(-c5cccnc5)cc4C3)c(C)cc2n1. The number of pyridine rings is 2. The molecule has 0 unspecified atom stereocenters. The number of nitrogens with zero attached hydrogens (tertiary/aromatic N) is 6. The molecule has 0 saturated carbocycles. The molecule has 0 aliphatic carbocycles. The Morgan fingerprint density at radius 2 is 1.97 bits per heavy atom. The predicted octanol–water partition coefficient (Wildman–Crippen LogP) is 2.73. The summed E-state index contributed by atoms with van der Waals surface area (Å²) in [4.78, 5) is 27.9. The molecular weight excluding hydrogens is 364 g/mol. The lowest BCUT2D eigenvalue weighted by Crippen LogP contribution is -2.33. The lowest BCUT2D eigenvalue weighted by molar-refractivity contribution is 0.685. The van der Waals surface area contributed by atoms with Gasteiger partial charge in [0.25, 0.3) is 5.56 Å². The van der Waals surface area contributed by atoms with Crippen molar-refractivity contribution in [1.29, 1.82) is 0 Å². The molecule has 1 aliphatic heterocycles. The van der Waals surface area contributed by atoms with Crippen molar-refractivity contribution in [3.63, 3.8) is 0 Å². The van der Waals surface area contributed by atoms with Gasteiger partial charge in [-0.25, -0.2) is 4.98 Å². The second-order valence-corrected chi connectivity index (χ2v) is 7.40. The summed E-state index contributed by atoms with van der Waals surface area (Å²) in [5.41, 5.74) is 6.51. The van der Waals surface area contributed by atoms with E-state index in [9.17, 15) is 4.79 Å². The molecule has 0 spiro atoms. The van der Waals surface area contributed by atoms with Crippen molar-refractivity contribution >= 4 is 11.5 Å². The van der Waals surface area contributed by atoms with E-state index in [0.29, 0.717) is 17.9 Å². The van der Waals surface area contributed by atoms with Crippen LogP contribution in [0.25, 0.3) is 16.8 Å². The molecule has 29 heavy (non-hydrogen) atoms. The highest BCUT2D eigenvalue weighted by atomic mass is 16.1. The number of anilines is 1. The minimum absolute atomic E-state index is 0.160. The Morgan fingerprint density at radius 3 is 2.79 bits per heavy atom. The highest BCUT2D eigenvalue weighted by Crippen LogP contribution is 2.27. The van der Waals surface area contributed by atoms with Crippen molar-refractivity contribution in [2.24, 2.45) is 0 Å². The molecule has 7 nitrogen and oxygen atoms in total. The standard InChI is InChI=1S/C22H20N6O/c1-14-8-20-25-15(2)9-21(29)28(20)26-22(14)27-7-5-19-18(13-27)10-17(12-24-19)16-4-3-6-23-11-16/h3-4,6,8-12H,5,7,13H2,1-2H3. The second kappa shape index (κ2) is 6.77. The molecule has 7 heteroatoms. The molecule has 0 N–H and O–H groups in total. The van der Waals surface area contributed by atoms with E-state index in [0.717, 1.165) is 41.2 Å². The zero-order chi connectivity index (χ0) is 20.0. The van der Waals surface area contributed by atoms with Gasteiger partial charge < -0.3 is 4.90 Å². The van der Waals surface area contributed by atoms with Gasteiger partial charge in [0.05, 0.1) is 0 Å². The van der Waals surface area contributed by atoms with E-state index < -0.39 is 0 Å². The number of rotatable bonds is 2. The highest BCUT2D eigenvalue weighted by Gasteiger charge is 2.21. The van der Waals surface area contributed by atoms with E-state index in [1.165, 1.54) is 16.1 Å². The van der Waals surface area contributed by atoms with Gasteiger partial charge in [-0.2, -0.15) is 4.52 Å². The van der Waals surface area contributed by atoms with E-state index in [-0.39, 0.29) is 5.56 Å². The van der Waals surface area contributed by atoms with Gasteiger partial charge in [-0.05, 0) is 43.2 Å². The molecular formula is C22H20N6O. The van der Waals surface area contributed by atoms with E-state index >= 15 is 0 Å². The van der Waals surface area contributed by atoms with Gasteiger partial charge in [0.2, 0.25) is 0 Å². The minimum atomic E-state index is -0.160. The molecule has 0 saturated heterocycles. The van der Waals surface area contributed by atoms with Gasteiger partial charge in [0.1, 0.15) is 0 Å². The fraction of sp³-hybridized carbons (Fsp3) is 0.227. The molecule has 0 bridgehead atoms. The van der Waals surface area contributed by atoms with Gasteiger partial charge in [0.15, 0.2) is 11.5 Å². The quantitative estimate of drug-likeness (QED) is 0.529. The van der Waals surface area contributed by atoms with Crippen molar-refractivity contribution < 1.29 is 0 Å². The summed E-state index contributed by atoms with van der Waals surface area (Å²) in [7, 11) is 0. The summed E-state index contributed by atoms with van der Waals surface area (Å²) in [5.74, 6) is 0.808. The molecule has 0 amide bonds. The Hall–Kier alpha value is -3.61. The van der Waals surface area contributed by atoms with Crippen LogP contribution in [0.2, 0.25) is 0 Å². The summed E-state index contributed by atoms with van der Waals surface area (Å²) in [5, 5.41) is 4.63. The average molecular weight is 384 g/mol. The zero-order valence-electron chi connectivity index (χ0n) is 16.3.